The maximum atomic E-state index is 12.6. The Kier molecular flexibility index (Phi) is 5.69. The number of benzene rings is 2. The third kappa shape index (κ3) is 4.58. The number of thioether (sulfide) groups is 1. The van der Waals surface area contributed by atoms with Gasteiger partial charge in [-0.05, 0) is 47.9 Å². The summed E-state index contributed by atoms with van der Waals surface area (Å²) < 4.78 is 33.2. The minimum Gasteiger partial charge on any atom is -0.372 e. The largest absolute Gasteiger partial charge is 0.372 e. The van der Waals surface area contributed by atoms with E-state index in [4.69, 9.17) is 4.74 Å². The first-order valence-electron chi connectivity index (χ1n) is 8.26. The van der Waals surface area contributed by atoms with Gasteiger partial charge in [0.25, 0.3) is 10.0 Å². The quantitative estimate of drug-likeness (QED) is 0.742. The molecule has 0 radical (unpaired) electrons. The smallest absolute Gasteiger partial charge is 0.261 e. The topological polar surface area (TPSA) is 89.5 Å². The first-order chi connectivity index (χ1) is 12.8. The molecule has 0 aromatic heterocycles. The lowest BCUT2D eigenvalue weighted by Crippen LogP contribution is -2.14. The van der Waals surface area contributed by atoms with E-state index in [1.165, 1.54) is 31.2 Å². The summed E-state index contributed by atoms with van der Waals surface area (Å²) in [5.74, 6) is -0.183. The fraction of sp³-hybridized carbons (Fsp3) is 0.263. The molecule has 27 heavy (non-hydrogen) atoms. The van der Waals surface area contributed by atoms with Crippen LogP contribution in [0.5, 0.6) is 0 Å². The van der Waals surface area contributed by atoms with Crippen molar-refractivity contribution in [1.29, 1.82) is 0 Å². The van der Waals surface area contributed by atoms with Gasteiger partial charge in [0.05, 0.1) is 23.9 Å². The van der Waals surface area contributed by atoms with Gasteiger partial charge in [-0.15, -0.1) is 0 Å². The molecule has 2 aromatic rings. The van der Waals surface area contributed by atoms with Crippen LogP contribution in [0.15, 0.2) is 41.3 Å². The number of aryl methyl sites for hydroxylation is 1. The number of sulfonamides is 1. The average Bonchev–Trinajstić information content (AvgIpc) is 3.08. The number of carbonyl (C=O) groups excluding carboxylic acids is 2. The van der Waals surface area contributed by atoms with Crippen LogP contribution in [0, 0.1) is 6.92 Å². The van der Waals surface area contributed by atoms with Crippen molar-refractivity contribution in [3.63, 3.8) is 0 Å². The number of hydrogen-bond donors (Lipinski definition) is 1. The predicted molar refractivity (Wildman–Crippen MR) is 104 cm³/mol. The molecule has 1 N–H and O–H groups in total. The Bertz CT molecular complexity index is 998. The summed E-state index contributed by atoms with van der Waals surface area (Å²) in [6.45, 7) is 4.34. The maximum Gasteiger partial charge on any atom is 0.261 e. The van der Waals surface area contributed by atoms with Crippen molar-refractivity contribution in [3.8, 4) is 0 Å². The summed E-state index contributed by atoms with van der Waals surface area (Å²) in [5, 5.41) is -0.137. The molecule has 0 atom stereocenters. The van der Waals surface area contributed by atoms with Crippen molar-refractivity contribution in [2.45, 2.75) is 32.0 Å². The van der Waals surface area contributed by atoms with Crippen LogP contribution in [0.3, 0.4) is 0 Å². The standard InChI is InChI=1S/C19H19NO5S2/c1-12-7-16(8-15-9-25-10-18(12)15)20-27(23,24)17-5-3-14(4-6-17)19(22)11-26-13(2)21/h3-8,20H,9-11H2,1-2H3. The molecular weight excluding hydrogens is 386 g/mol. The normalized spacial score (nSPS) is 13.3. The van der Waals surface area contributed by atoms with Crippen molar-refractivity contribution < 1.29 is 22.7 Å². The number of carbonyl (C=O) groups is 2. The van der Waals surface area contributed by atoms with Gasteiger partial charge in [0.1, 0.15) is 0 Å². The molecule has 0 saturated carbocycles. The SMILES string of the molecule is CC(=O)SCC(=O)c1ccc(S(=O)(=O)Nc2cc(C)c3c(c2)COC3)cc1. The Labute approximate surface area is 162 Å². The number of nitrogens with one attached hydrogen (secondary N) is 1. The molecule has 0 bridgehead atoms. The van der Waals surface area contributed by atoms with Gasteiger partial charge in [-0.25, -0.2) is 8.42 Å². The third-order valence-electron chi connectivity index (χ3n) is 4.21. The lowest BCUT2D eigenvalue weighted by atomic mass is 10.0. The highest BCUT2D eigenvalue weighted by molar-refractivity contribution is 8.14. The van der Waals surface area contributed by atoms with Crippen LogP contribution in [0.25, 0.3) is 0 Å². The molecule has 0 aliphatic carbocycles. The molecule has 6 nitrogen and oxygen atoms in total. The van der Waals surface area contributed by atoms with E-state index >= 15 is 0 Å². The summed E-state index contributed by atoms with van der Waals surface area (Å²) in [6, 6.07) is 9.25. The summed E-state index contributed by atoms with van der Waals surface area (Å²) in [6.07, 6.45) is 0. The Morgan fingerprint density at radius 3 is 2.52 bits per heavy atom. The molecule has 0 amide bonds. The first-order valence-corrected chi connectivity index (χ1v) is 10.7. The molecule has 3 rings (SSSR count). The summed E-state index contributed by atoms with van der Waals surface area (Å²) in [7, 11) is -3.78. The molecular formula is C19H19NO5S2. The van der Waals surface area contributed by atoms with E-state index in [0.29, 0.717) is 24.5 Å². The van der Waals surface area contributed by atoms with E-state index in [1.54, 1.807) is 12.1 Å². The number of anilines is 1. The number of Topliss-reactive ketones (excluding diaryl/α,β-unsaturated/α-hetero) is 1. The highest BCUT2D eigenvalue weighted by atomic mass is 32.2. The van der Waals surface area contributed by atoms with Crippen molar-refractivity contribution in [2.24, 2.45) is 0 Å². The van der Waals surface area contributed by atoms with Crippen LogP contribution in [-0.4, -0.2) is 25.1 Å². The number of ketones is 1. The minimum absolute atomic E-state index is 0.0379. The van der Waals surface area contributed by atoms with Gasteiger partial charge >= 0.3 is 0 Å². The fourth-order valence-corrected chi connectivity index (χ4v) is 4.37. The second-order valence-corrected chi connectivity index (χ2v) is 9.09. The number of ether oxygens (including phenoxy) is 1. The summed E-state index contributed by atoms with van der Waals surface area (Å²) in [5.41, 5.74) is 3.91. The Balaban J connectivity index is 1.76. The van der Waals surface area contributed by atoms with E-state index in [2.05, 4.69) is 4.72 Å². The van der Waals surface area contributed by atoms with Crippen LogP contribution in [0.1, 0.15) is 34.0 Å². The molecule has 1 aliphatic rings. The number of rotatable bonds is 6. The second kappa shape index (κ2) is 7.84. The lowest BCUT2D eigenvalue weighted by molar-refractivity contribution is -0.109. The van der Waals surface area contributed by atoms with Gasteiger partial charge in [-0.1, -0.05) is 23.9 Å². The molecule has 1 heterocycles. The molecule has 142 valence electrons. The predicted octanol–water partition coefficient (Wildman–Crippen LogP) is 3.29. The monoisotopic (exact) mass is 405 g/mol. The van der Waals surface area contributed by atoms with Gasteiger partial charge in [-0.2, -0.15) is 0 Å². The van der Waals surface area contributed by atoms with Crippen LogP contribution < -0.4 is 4.72 Å². The van der Waals surface area contributed by atoms with E-state index in [9.17, 15) is 18.0 Å². The van der Waals surface area contributed by atoms with E-state index in [1.807, 2.05) is 6.92 Å². The van der Waals surface area contributed by atoms with Crippen LogP contribution in [0.2, 0.25) is 0 Å². The molecule has 0 fully saturated rings. The van der Waals surface area contributed by atoms with Crippen LogP contribution in [-0.2, 0) is 32.8 Å². The Hall–Kier alpha value is -2.16. The van der Waals surface area contributed by atoms with Crippen molar-refractivity contribution in [2.75, 3.05) is 10.5 Å². The number of hydrogen-bond acceptors (Lipinski definition) is 6. The highest BCUT2D eigenvalue weighted by Crippen LogP contribution is 2.28. The molecule has 0 unspecified atom stereocenters. The average molecular weight is 405 g/mol. The Morgan fingerprint density at radius 1 is 1.15 bits per heavy atom. The highest BCUT2D eigenvalue weighted by Gasteiger charge is 2.19. The van der Waals surface area contributed by atoms with Crippen molar-refractivity contribution >= 4 is 38.4 Å². The molecule has 0 spiro atoms. The zero-order valence-corrected chi connectivity index (χ0v) is 16.6. The van der Waals surface area contributed by atoms with Gasteiger partial charge in [0.2, 0.25) is 0 Å². The van der Waals surface area contributed by atoms with Crippen molar-refractivity contribution in [1.82, 2.24) is 0 Å². The molecule has 2 aromatic carbocycles. The number of fused-ring (bicyclic) bond motifs is 1. The lowest BCUT2D eigenvalue weighted by Gasteiger charge is -2.11. The van der Waals surface area contributed by atoms with Crippen molar-refractivity contribution in [3.05, 3.63) is 58.7 Å². The second-order valence-electron chi connectivity index (χ2n) is 6.26. The maximum absolute atomic E-state index is 12.6. The van der Waals surface area contributed by atoms with Gasteiger partial charge in [-0.3, -0.25) is 14.3 Å². The van der Waals surface area contributed by atoms with Gasteiger partial charge in [0.15, 0.2) is 10.9 Å². The van der Waals surface area contributed by atoms with E-state index in [-0.39, 0.29) is 21.5 Å². The van der Waals surface area contributed by atoms with E-state index in [0.717, 1.165) is 28.5 Å². The van der Waals surface area contributed by atoms with Crippen LogP contribution in [0.4, 0.5) is 5.69 Å². The fourth-order valence-electron chi connectivity index (χ4n) is 2.83. The summed E-state index contributed by atoms with van der Waals surface area (Å²) in [4.78, 5) is 23.0. The summed E-state index contributed by atoms with van der Waals surface area (Å²) >= 11 is 0.927. The first kappa shape index (κ1) is 19.6. The van der Waals surface area contributed by atoms with Crippen LogP contribution >= 0.6 is 11.8 Å². The zero-order chi connectivity index (χ0) is 19.6. The van der Waals surface area contributed by atoms with Gasteiger partial charge in [0, 0.05) is 18.2 Å². The van der Waals surface area contributed by atoms with E-state index < -0.39 is 10.0 Å². The Morgan fingerprint density at radius 2 is 1.85 bits per heavy atom. The molecule has 0 saturated heterocycles. The molecule has 8 heteroatoms. The molecule has 1 aliphatic heterocycles. The zero-order valence-electron chi connectivity index (χ0n) is 14.9. The minimum atomic E-state index is -3.78. The van der Waals surface area contributed by atoms with Gasteiger partial charge < -0.3 is 4.74 Å². The third-order valence-corrected chi connectivity index (χ3v) is 6.42.